The fourth-order valence-electron chi connectivity index (χ4n) is 1.05. The number of methoxy groups -OCH3 is 1. The van der Waals surface area contributed by atoms with Crippen LogP contribution < -0.4 is 15.8 Å². The Hall–Kier alpha value is -2.29. The van der Waals surface area contributed by atoms with E-state index in [1.54, 1.807) is 0 Å². The lowest BCUT2D eigenvalue weighted by Crippen LogP contribution is -2.20. The number of hydrogen-bond acceptors (Lipinski definition) is 5. The van der Waals surface area contributed by atoms with Crippen LogP contribution in [0, 0.1) is 11.8 Å². The first-order valence-electron chi connectivity index (χ1n) is 5.03. The molecule has 0 aromatic carbocycles. The van der Waals surface area contributed by atoms with Crippen LogP contribution in [-0.4, -0.2) is 29.5 Å². The Labute approximate surface area is 99.6 Å². The van der Waals surface area contributed by atoms with Gasteiger partial charge in [0.15, 0.2) is 5.82 Å². The maximum absolute atomic E-state index is 10.6. The Morgan fingerprint density at radius 2 is 2.41 bits per heavy atom. The van der Waals surface area contributed by atoms with Gasteiger partial charge in [0.25, 0.3) is 5.88 Å². The average molecular weight is 234 g/mol. The van der Waals surface area contributed by atoms with E-state index in [4.69, 9.17) is 10.5 Å². The largest absolute Gasteiger partial charge is 0.478 e. The van der Waals surface area contributed by atoms with Gasteiger partial charge in [-0.15, -0.1) is 0 Å². The molecule has 17 heavy (non-hydrogen) atoms. The average Bonchev–Trinajstić information content (AvgIpc) is 2.30. The Balaban J connectivity index is 2.57. The lowest BCUT2D eigenvalue weighted by molar-refractivity contribution is -0.118. The van der Waals surface area contributed by atoms with E-state index in [1.165, 1.54) is 20.2 Å². The topological polar surface area (TPSA) is 90.1 Å². The molecule has 1 aromatic heterocycles. The molecule has 0 spiro atoms. The first-order valence-corrected chi connectivity index (χ1v) is 5.03. The summed E-state index contributed by atoms with van der Waals surface area (Å²) in [6.45, 7) is 1.98. The number of carbonyl (C=O) groups is 1. The zero-order chi connectivity index (χ0) is 12.7. The molecule has 0 saturated heterocycles. The van der Waals surface area contributed by atoms with E-state index < -0.39 is 0 Å². The molecule has 90 valence electrons. The second kappa shape index (κ2) is 6.33. The van der Waals surface area contributed by atoms with Crippen molar-refractivity contribution in [3.63, 3.8) is 0 Å². The summed E-state index contributed by atoms with van der Waals surface area (Å²) in [5.74, 6) is 6.10. The molecule has 6 heteroatoms. The van der Waals surface area contributed by atoms with Gasteiger partial charge in [-0.3, -0.25) is 4.79 Å². The number of nitrogens with one attached hydrogen (secondary N) is 1. The molecule has 0 radical (unpaired) electrons. The minimum Gasteiger partial charge on any atom is -0.478 e. The molecule has 0 fully saturated rings. The van der Waals surface area contributed by atoms with Gasteiger partial charge in [0.2, 0.25) is 5.91 Å². The zero-order valence-electron chi connectivity index (χ0n) is 9.78. The molecule has 1 amide bonds. The van der Waals surface area contributed by atoms with Crippen LogP contribution in [-0.2, 0) is 4.79 Å². The van der Waals surface area contributed by atoms with Gasteiger partial charge in [-0.2, -0.15) is 4.98 Å². The van der Waals surface area contributed by atoms with Gasteiger partial charge in [-0.1, -0.05) is 5.92 Å². The second-order valence-electron chi connectivity index (χ2n) is 3.18. The first-order chi connectivity index (χ1) is 8.13. The van der Waals surface area contributed by atoms with Crippen molar-refractivity contribution < 1.29 is 9.53 Å². The molecule has 1 aromatic rings. The van der Waals surface area contributed by atoms with Gasteiger partial charge in [0.1, 0.15) is 5.69 Å². The summed E-state index contributed by atoms with van der Waals surface area (Å²) in [7, 11) is 1.47. The van der Waals surface area contributed by atoms with Crippen LogP contribution in [0.4, 0.5) is 5.82 Å². The molecule has 0 aliphatic carbocycles. The zero-order valence-corrected chi connectivity index (χ0v) is 9.78. The summed E-state index contributed by atoms with van der Waals surface area (Å²) in [6.07, 6.45) is 2.03. The van der Waals surface area contributed by atoms with Gasteiger partial charge in [-0.05, 0) is 5.92 Å². The van der Waals surface area contributed by atoms with Crippen molar-refractivity contribution in [1.82, 2.24) is 15.3 Å². The van der Waals surface area contributed by atoms with E-state index >= 15 is 0 Å². The number of ether oxygens (including phenoxy) is 1. The predicted molar refractivity (Wildman–Crippen MR) is 63.2 cm³/mol. The van der Waals surface area contributed by atoms with Crippen LogP contribution in [0.3, 0.4) is 0 Å². The molecule has 0 aliphatic rings. The van der Waals surface area contributed by atoms with Crippen molar-refractivity contribution >= 4 is 11.7 Å². The summed E-state index contributed by atoms with van der Waals surface area (Å²) in [5, 5.41) is 2.64. The lowest BCUT2D eigenvalue weighted by Gasteiger charge is -2.01. The number of rotatable bonds is 3. The van der Waals surface area contributed by atoms with Crippen LogP contribution in [0.2, 0.25) is 0 Å². The summed E-state index contributed by atoms with van der Waals surface area (Å²) < 4.78 is 4.92. The van der Waals surface area contributed by atoms with Gasteiger partial charge in [0.05, 0.1) is 13.3 Å². The third-order valence-electron chi connectivity index (χ3n) is 1.80. The second-order valence-corrected chi connectivity index (χ2v) is 3.18. The quantitative estimate of drug-likeness (QED) is 0.565. The summed E-state index contributed by atoms with van der Waals surface area (Å²) in [4.78, 5) is 18.5. The standard InChI is InChI=1S/C11H14N4O2/c1-8(16)13-6-4-3-5-9-7-14-10(12)11(15-9)17-2/h7H,4,6H2,1-2H3,(H2,12,14)(H,13,16). The number of anilines is 1. The van der Waals surface area contributed by atoms with Crippen LogP contribution >= 0.6 is 0 Å². The molecular formula is C11H14N4O2. The maximum atomic E-state index is 10.6. The normalized spacial score (nSPS) is 9.06. The van der Waals surface area contributed by atoms with E-state index in [0.717, 1.165) is 0 Å². The summed E-state index contributed by atoms with van der Waals surface area (Å²) in [5.41, 5.74) is 6.00. The van der Waals surface area contributed by atoms with Crippen LogP contribution in [0.5, 0.6) is 5.88 Å². The number of carbonyl (C=O) groups excluding carboxylic acids is 1. The fraction of sp³-hybridized carbons (Fsp3) is 0.364. The highest BCUT2D eigenvalue weighted by atomic mass is 16.5. The van der Waals surface area contributed by atoms with Crippen molar-refractivity contribution in [2.75, 3.05) is 19.4 Å². The highest BCUT2D eigenvalue weighted by Crippen LogP contribution is 2.13. The Bertz CT molecular complexity index is 462. The summed E-state index contributed by atoms with van der Waals surface area (Å²) in [6, 6.07) is 0. The van der Waals surface area contributed by atoms with E-state index in [9.17, 15) is 4.79 Å². The SMILES string of the molecule is COc1nc(C#CCCNC(C)=O)cnc1N. The smallest absolute Gasteiger partial charge is 0.258 e. The Morgan fingerprint density at radius 1 is 1.65 bits per heavy atom. The molecule has 3 N–H and O–H groups in total. The number of nitrogens with two attached hydrogens (primary N) is 1. The van der Waals surface area contributed by atoms with Crippen molar-refractivity contribution in [2.24, 2.45) is 0 Å². The van der Waals surface area contributed by atoms with Crippen molar-refractivity contribution in [3.8, 4) is 17.7 Å². The van der Waals surface area contributed by atoms with Gasteiger partial charge < -0.3 is 15.8 Å². The molecule has 0 unspecified atom stereocenters. The third kappa shape index (κ3) is 4.38. The fourth-order valence-corrected chi connectivity index (χ4v) is 1.05. The van der Waals surface area contributed by atoms with Crippen molar-refractivity contribution in [3.05, 3.63) is 11.9 Å². The maximum Gasteiger partial charge on any atom is 0.258 e. The van der Waals surface area contributed by atoms with Crippen molar-refractivity contribution in [1.29, 1.82) is 0 Å². The molecule has 6 nitrogen and oxygen atoms in total. The number of nitrogens with zero attached hydrogens (tertiary/aromatic N) is 2. The monoisotopic (exact) mass is 234 g/mol. The molecular weight excluding hydrogens is 220 g/mol. The lowest BCUT2D eigenvalue weighted by atomic mass is 10.3. The molecule has 0 saturated carbocycles. The Morgan fingerprint density at radius 3 is 3.06 bits per heavy atom. The highest BCUT2D eigenvalue weighted by molar-refractivity contribution is 5.72. The number of aromatic nitrogens is 2. The van der Waals surface area contributed by atoms with E-state index in [-0.39, 0.29) is 17.6 Å². The van der Waals surface area contributed by atoms with Crippen LogP contribution in [0.25, 0.3) is 0 Å². The third-order valence-corrected chi connectivity index (χ3v) is 1.80. The number of hydrogen-bond donors (Lipinski definition) is 2. The van der Waals surface area contributed by atoms with Gasteiger partial charge in [-0.25, -0.2) is 4.98 Å². The van der Waals surface area contributed by atoms with Crippen LogP contribution in [0.1, 0.15) is 19.0 Å². The van der Waals surface area contributed by atoms with Crippen LogP contribution in [0.15, 0.2) is 6.20 Å². The molecule has 0 atom stereocenters. The predicted octanol–water partition coefficient (Wildman–Crippen LogP) is -0.0549. The van der Waals surface area contributed by atoms with Gasteiger partial charge in [0, 0.05) is 19.9 Å². The van der Waals surface area contributed by atoms with Crippen molar-refractivity contribution in [2.45, 2.75) is 13.3 Å². The van der Waals surface area contributed by atoms with E-state index in [0.29, 0.717) is 18.7 Å². The first kappa shape index (κ1) is 12.8. The minimum absolute atomic E-state index is 0.0688. The van der Waals surface area contributed by atoms with E-state index in [1.807, 2.05) is 0 Å². The molecule has 1 heterocycles. The highest BCUT2D eigenvalue weighted by Gasteiger charge is 2.01. The molecule has 0 bridgehead atoms. The number of amides is 1. The molecule has 0 aliphatic heterocycles. The van der Waals surface area contributed by atoms with Gasteiger partial charge >= 0.3 is 0 Å². The summed E-state index contributed by atoms with van der Waals surface area (Å²) >= 11 is 0. The Kier molecular flexibility index (Phi) is 4.76. The number of nitrogen functional groups attached to an aromatic ring is 1. The minimum atomic E-state index is -0.0688. The molecule has 1 rings (SSSR count). The van der Waals surface area contributed by atoms with E-state index in [2.05, 4.69) is 27.1 Å².